The second kappa shape index (κ2) is 8.49. The van der Waals surface area contributed by atoms with Crippen molar-refractivity contribution in [2.75, 3.05) is 40.1 Å². The fraction of sp³-hybridized carbons (Fsp3) is 0.619. The van der Waals surface area contributed by atoms with E-state index >= 15 is 0 Å². The fourth-order valence-corrected chi connectivity index (χ4v) is 4.78. The van der Waals surface area contributed by atoms with Crippen molar-refractivity contribution in [1.29, 1.82) is 0 Å². The zero-order valence-corrected chi connectivity index (χ0v) is 17.2. The van der Waals surface area contributed by atoms with Crippen molar-refractivity contribution >= 4 is 5.57 Å². The molecular formula is C21H32N2O5. The number of benzene rings is 1. The van der Waals surface area contributed by atoms with E-state index in [-0.39, 0.29) is 12.6 Å². The highest BCUT2D eigenvalue weighted by molar-refractivity contribution is 5.78. The number of aryl methyl sites for hydroxylation is 3. The van der Waals surface area contributed by atoms with Gasteiger partial charge in [-0.15, -0.1) is 0 Å². The Labute approximate surface area is 166 Å². The standard InChI is InChI=1S/C21H32N2O5/c1-14-11-15(2)17(16(3)12-14)18-19(24)21(5-7-22(26)8-6-21)23(20(18)25)9-10-28-13-27-4/h11-12,20,24-26H,5-10,13H2,1-4H3. The molecule has 0 aromatic heterocycles. The summed E-state index contributed by atoms with van der Waals surface area (Å²) in [5, 5.41) is 33.8. The Kier molecular flexibility index (Phi) is 6.44. The maximum absolute atomic E-state index is 11.4. The number of hydroxylamine groups is 2. The van der Waals surface area contributed by atoms with Crippen LogP contribution >= 0.6 is 0 Å². The molecule has 7 nitrogen and oxygen atoms in total. The molecule has 0 aliphatic carbocycles. The molecule has 3 rings (SSSR count). The van der Waals surface area contributed by atoms with Gasteiger partial charge in [-0.05, 0) is 50.3 Å². The van der Waals surface area contributed by atoms with Crippen LogP contribution in [-0.2, 0) is 9.47 Å². The van der Waals surface area contributed by atoms with Gasteiger partial charge in [0.05, 0.1) is 12.1 Å². The van der Waals surface area contributed by atoms with Gasteiger partial charge >= 0.3 is 0 Å². The maximum Gasteiger partial charge on any atom is 0.146 e. The zero-order chi connectivity index (χ0) is 20.5. The van der Waals surface area contributed by atoms with E-state index in [1.54, 1.807) is 7.11 Å². The molecule has 1 saturated heterocycles. The van der Waals surface area contributed by atoms with E-state index in [1.807, 2.05) is 25.7 Å². The molecule has 2 heterocycles. The lowest BCUT2D eigenvalue weighted by Crippen LogP contribution is -2.56. The molecule has 2 aliphatic heterocycles. The first-order valence-corrected chi connectivity index (χ1v) is 9.79. The lowest BCUT2D eigenvalue weighted by molar-refractivity contribution is -0.143. The lowest BCUT2D eigenvalue weighted by atomic mass is 9.84. The van der Waals surface area contributed by atoms with Crippen molar-refractivity contribution in [3.63, 3.8) is 0 Å². The highest BCUT2D eigenvalue weighted by Gasteiger charge is 2.53. The molecule has 1 fully saturated rings. The summed E-state index contributed by atoms with van der Waals surface area (Å²) >= 11 is 0. The van der Waals surface area contributed by atoms with E-state index in [1.165, 1.54) is 5.06 Å². The number of rotatable bonds is 6. The van der Waals surface area contributed by atoms with Crippen LogP contribution in [0.5, 0.6) is 0 Å². The van der Waals surface area contributed by atoms with Gasteiger partial charge in [0.15, 0.2) is 0 Å². The van der Waals surface area contributed by atoms with Crippen molar-refractivity contribution < 1.29 is 24.9 Å². The molecule has 0 saturated carbocycles. The van der Waals surface area contributed by atoms with Crippen LogP contribution in [0, 0.1) is 20.8 Å². The minimum absolute atomic E-state index is 0.184. The Morgan fingerprint density at radius 2 is 1.75 bits per heavy atom. The zero-order valence-electron chi connectivity index (χ0n) is 17.2. The normalized spacial score (nSPS) is 23.1. The van der Waals surface area contributed by atoms with Crippen molar-refractivity contribution in [3.05, 3.63) is 40.1 Å². The van der Waals surface area contributed by atoms with Crippen LogP contribution in [0.1, 0.15) is 35.1 Å². The van der Waals surface area contributed by atoms with Crippen LogP contribution in [-0.4, -0.2) is 77.3 Å². The van der Waals surface area contributed by atoms with Gasteiger partial charge in [-0.1, -0.05) is 17.7 Å². The number of hydrogen-bond donors (Lipinski definition) is 3. The molecular weight excluding hydrogens is 360 g/mol. The van der Waals surface area contributed by atoms with Gasteiger partial charge in [0.1, 0.15) is 18.8 Å². The third-order valence-corrected chi connectivity index (χ3v) is 5.99. The van der Waals surface area contributed by atoms with E-state index < -0.39 is 11.8 Å². The molecule has 7 heteroatoms. The number of nitrogens with zero attached hydrogens (tertiary/aromatic N) is 2. The summed E-state index contributed by atoms with van der Waals surface area (Å²) in [7, 11) is 1.57. The number of ether oxygens (including phenoxy) is 2. The number of methoxy groups -OCH3 is 1. The van der Waals surface area contributed by atoms with E-state index in [4.69, 9.17) is 9.47 Å². The first-order valence-electron chi connectivity index (χ1n) is 9.79. The fourth-order valence-electron chi connectivity index (χ4n) is 4.78. The largest absolute Gasteiger partial charge is 0.510 e. The van der Waals surface area contributed by atoms with E-state index in [2.05, 4.69) is 12.1 Å². The molecule has 2 aliphatic rings. The third kappa shape index (κ3) is 3.70. The minimum Gasteiger partial charge on any atom is -0.510 e. The number of piperidine rings is 1. The first-order chi connectivity index (χ1) is 13.3. The summed E-state index contributed by atoms with van der Waals surface area (Å²) < 4.78 is 10.4. The average Bonchev–Trinajstić information content (AvgIpc) is 2.82. The lowest BCUT2D eigenvalue weighted by Gasteiger charge is -2.44. The van der Waals surface area contributed by atoms with Crippen molar-refractivity contribution in [3.8, 4) is 0 Å². The first kappa shape index (κ1) is 21.2. The van der Waals surface area contributed by atoms with E-state index in [9.17, 15) is 15.4 Å². The Balaban J connectivity index is 2.01. The highest BCUT2D eigenvalue weighted by Crippen LogP contribution is 2.48. The van der Waals surface area contributed by atoms with Gasteiger partial charge in [-0.3, -0.25) is 4.90 Å². The third-order valence-electron chi connectivity index (χ3n) is 5.99. The predicted octanol–water partition coefficient (Wildman–Crippen LogP) is 2.36. The number of hydrogen-bond acceptors (Lipinski definition) is 7. The second-order valence-electron chi connectivity index (χ2n) is 7.90. The van der Waals surface area contributed by atoms with Gasteiger partial charge in [-0.2, -0.15) is 5.06 Å². The molecule has 0 amide bonds. The van der Waals surface area contributed by atoms with E-state index in [0.717, 1.165) is 22.3 Å². The van der Waals surface area contributed by atoms with Gasteiger partial charge in [0, 0.05) is 32.3 Å². The van der Waals surface area contributed by atoms with Gasteiger partial charge in [0.2, 0.25) is 0 Å². The summed E-state index contributed by atoms with van der Waals surface area (Å²) in [6.07, 6.45) is 0.130. The smallest absolute Gasteiger partial charge is 0.146 e. The van der Waals surface area contributed by atoms with Gasteiger partial charge < -0.3 is 24.9 Å². The maximum atomic E-state index is 11.4. The molecule has 1 unspecified atom stereocenters. The van der Waals surface area contributed by atoms with Crippen molar-refractivity contribution in [2.45, 2.75) is 45.4 Å². The topological polar surface area (TPSA) is 85.6 Å². The Bertz CT molecular complexity index is 717. The van der Waals surface area contributed by atoms with Crippen LogP contribution < -0.4 is 0 Å². The van der Waals surface area contributed by atoms with Gasteiger partial charge in [0.25, 0.3) is 0 Å². The Hall–Kier alpha value is -1.48. The molecule has 3 N–H and O–H groups in total. The Morgan fingerprint density at radius 1 is 1.14 bits per heavy atom. The molecule has 1 aromatic rings. The van der Waals surface area contributed by atoms with Crippen LogP contribution in [0.3, 0.4) is 0 Å². The van der Waals surface area contributed by atoms with Crippen LogP contribution in [0.15, 0.2) is 17.9 Å². The molecule has 1 aromatic carbocycles. The summed E-state index contributed by atoms with van der Waals surface area (Å²) in [6, 6.07) is 4.14. The SMILES string of the molecule is COCOCCN1C(O)C(c2c(C)cc(C)cc2C)=C(O)C12CCN(O)CC2. The van der Waals surface area contributed by atoms with Gasteiger partial charge in [-0.25, -0.2) is 0 Å². The summed E-state index contributed by atoms with van der Waals surface area (Å²) in [4.78, 5) is 1.92. The molecule has 0 radical (unpaired) electrons. The predicted molar refractivity (Wildman–Crippen MR) is 106 cm³/mol. The summed E-state index contributed by atoms with van der Waals surface area (Å²) in [5.74, 6) is 0.217. The number of aliphatic hydroxyl groups is 2. The minimum atomic E-state index is -0.934. The second-order valence-corrected chi connectivity index (χ2v) is 7.90. The molecule has 1 atom stereocenters. The Morgan fingerprint density at radius 3 is 2.32 bits per heavy atom. The summed E-state index contributed by atoms with van der Waals surface area (Å²) in [5.41, 5.74) is 4.00. The van der Waals surface area contributed by atoms with Crippen molar-refractivity contribution in [2.24, 2.45) is 0 Å². The molecule has 156 valence electrons. The van der Waals surface area contributed by atoms with Crippen LogP contribution in [0.25, 0.3) is 5.57 Å². The van der Waals surface area contributed by atoms with E-state index in [0.29, 0.717) is 44.7 Å². The molecule has 0 bridgehead atoms. The monoisotopic (exact) mass is 392 g/mol. The quantitative estimate of drug-likeness (QED) is 0.506. The molecule has 28 heavy (non-hydrogen) atoms. The highest BCUT2D eigenvalue weighted by atomic mass is 16.7. The summed E-state index contributed by atoms with van der Waals surface area (Å²) in [6.45, 7) is 7.95. The van der Waals surface area contributed by atoms with Crippen LogP contribution in [0.4, 0.5) is 0 Å². The number of aliphatic hydroxyl groups excluding tert-OH is 2. The van der Waals surface area contributed by atoms with Crippen LogP contribution in [0.2, 0.25) is 0 Å². The van der Waals surface area contributed by atoms with Crippen molar-refractivity contribution in [1.82, 2.24) is 9.96 Å². The average molecular weight is 392 g/mol. The molecule has 1 spiro atoms.